The molecule has 0 aliphatic heterocycles. The topological polar surface area (TPSA) is 31.1 Å². The summed E-state index contributed by atoms with van der Waals surface area (Å²) in [7, 11) is 4.15. The summed E-state index contributed by atoms with van der Waals surface area (Å²) in [5.74, 6) is 0. The monoisotopic (exact) mass is 209 g/mol. The minimum atomic E-state index is 0.173. The van der Waals surface area contributed by atoms with Crippen LogP contribution in [0.2, 0.25) is 0 Å². The molecule has 1 heterocycles. The first kappa shape index (κ1) is 12.3. The number of rotatable bonds is 4. The summed E-state index contributed by atoms with van der Waals surface area (Å²) in [6, 6.07) is 4.30. The summed E-state index contributed by atoms with van der Waals surface area (Å²) in [6.45, 7) is 8.40. The van der Waals surface area contributed by atoms with Gasteiger partial charge < -0.3 is 15.2 Å². The highest BCUT2D eigenvalue weighted by molar-refractivity contribution is 5.13. The maximum Gasteiger partial charge on any atom is 0.0379 e. The molecule has 1 aromatic heterocycles. The van der Waals surface area contributed by atoms with Gasteiger partial charge in [0.2, 0.25) is 0 Å². The Labute approximate surface area is 92.9 Å². The zero-order valence-corrected chi connectivity index (χ0v) is 10.5. The second-order valence-electron chi connectivity index (χ2n) is 5.35. The van der Waals surface area contributed by atoms with Crippen LogP contribution in [0.4, 0.5) is 0 Å². The maximum absolute atomic E-state index is 3.46. The van der Waals surface area contributed by atoms with Gasteiger partial charge in [0.05, 0.1) is 0 Å². The Balaban J connectivity index is 2.46. The fourth-order valence-corrected chi connectivity index (χ4v) is 1.39. The molecule has 0 aromatic carbocycles. The number of nitrogens with zero attached hydrogens (tertiary/aromatic N) is 1. The van der Waals surface area contributed by atoms with Crippen molar-refractivity contribution in [3.05, 3.63) is 23.5 Å². The first-order valence-corrected chi connectivity index (χ1v) is 5.43. The first-order valence-electron chi connectivity index (χ1n) is 5.43. The lowest BCUT2D eigenvalue weighted by atomic mass is 10.1. The summed E-state index contributed by atoms with van der Waals surface area (Å²) >= 11 is 0. The van der Waals surface area contributed by atoms with Crippen LogP contribution in [-0.4, -0.2) is 29.5 Å². The third-order valence-corrected chi connectivity index (χ3v) is 2.10. The highest BCUT2D eigenvalue weighted by Crippen LogP contribution is 2.06. The molecule has 3 heteroatoms. The third-order valence-electron chi connectivity index (χ3n) is 2.10. The number of H-pyrrole nitrogens is 1. The number of nitrogens with one attached hydrogen (secondary N) is 2. The van der Waals surface area contributed by atoms with E-state index in [1.54, 1.807) is 0 Å². The normalized spacial score (nSPS) is 12.4. The largest absolute Gasteiger partial charge is 0.360 e. The predicted octanol–water partition coefficient (Wildman–Crippen LogP) is 1.96. The van der Waals surface area contributed by atoms with Gasteiger partial charge in [-0.3, -0.25) is 0 Å². The van der Waals surface area contributed by atoms with E-state index >= 15 is 0 Å². The van der Waals surface area contributed by atoms with Gasteiger partial charge in [0.15, 0.2) is 0 Å². The van der Waals surface area contributed by atoms with E-state index in [1.165, 1.54) is 11.4 Å². The zero-order valence-electron chi connectivity index (χ0n) is 10.5. The lowest BCUT2D eigenvalue weighted by Crippen LogP contribution is -2.35. The van der Waals surface area contributed by atoms with Crippen LogP contribution < -0.4 is 5.32 Å². The molecule has 0 amide bonds. The Morgan fingerprint density at radius 2 is 1.80 bits per heavy atom. The number of aromatic nitrogens is 1. The van der Waals surface area contributed by atoms with Gasteiger partial charge in [-0.2, -0.15) is 0 Å². The van der Waals surface area contributed by atoms with E-state index in [2.05, 4.69) is 62.2 Å². The number of hydrogen-bond acceptors (Lipinski definition) is 2. The molecule has 0 fully saturated rings. The highest BCUT2D eigenvalue weighted by Gasteiger charge is 2.09. The number of aromatic amines is 1. The van der Waals surface area contributed by atoms with E-state index < -0.39 is 0 Å². The Kier molecular flexibility index (Phi) is 3.94. The molecule has 0 radical (unpaired) electrons. The van der Waals surface area contributed by atoms with Crippen molar-refractivity contribution < 1.29 is 0 Å². The molecule has 0 aliphatic rings. The average molecular weight is 209 g/mol. The molecule has 0 bridgehead atoms. The Morgan fingerprint density at radius 1 is 1.20 bits per heavy atom. The predicted molar refractivity (Wildman–Crippen MR) is 64.8 cm³/mol. The Morgan fingerprint density at radius 3 is 2.33 bits per heavy atom. The summed E-state index contributed by atoms with van der Waals surface area (Å²) in [6.07, 6.45) is 0. The second kappa shape index (κ2) is 4.81. The fraction of sp³-hybridized carbons (Fsp3) is 0.667. The first-order chi connectivity index (χ1) is 6.87. The molecule has 3 nitrogen and oxygen atoms in total. The molecule has 0 aliphatic carbocycles. The van der Waals surface area contributed by atoms with Crippen molar-refractivity contribution >= 4 is 0 Å². The van der Waals surface area contributed by atoms with E-state index in [1.807, 2.05) is 0 Å². The van der Waals surface area contributed by atoms with Gasteiger partial charge in [-0.25, -0.2) is 0 Å². The molecule has 0 atom stereocenters. The molecule has 0 spiro atoms. The van der Waals surface area contributed by atoms with E-state index in [0.717, 1.165) is 13.1 Å². The lowest BCUT2D eigenvalue weighted by molar-refractivity contribution is 0.396. The fourth-order valence-electron chi connectivity index (χ4n) is 1.39. The minimum absolute atomic E-state index is 0.173. The molecular weight excluding hydrogens is 186 g/mol. The smallest absolute Gasteiger partial charge is 0.0379 e. The van der Waals surface area contributed by atoms with Crippen LogP contribution in [0.3, 0.4) is 0 Å². The molecule has 86 valence electrons. The van der Waals surface area contributed by atoms with Crippen molar-refractivity contribution in [2.75, 3.05) is 14.1 Å². The zero-order chi connectivity index (χ0) is 11.5. The van der Waals surface area contributed by atoms with Crippen LogP contribution in [0.25, 0.3) is 0 Å². The van der Waals surface area contributed by atoms with Crippen LogP contribution in [0, 0.1) is 0 Å². The van der Waals surface area contributed by atoms with Crippen molar-refractivity contribution in [2.45, 2.75) is 39.4 Å². The van der Waals surface area contributed by atoms with Crippen LogP contribution in [0.1, 0.15) is 32.2 Å². The van der Waals surface area contributed by atoms with Gasteiger partial charge in [0, 0.05) is 30.0 Å². The van der Waals surface area contributed by atoms with Gasteiger partial charge >= 0.3 is 0 Å². The molecule has 1 rings (SSSR count). The van der Waals surface area contributed by atoms with Gasteiger partial charge in [0.1, 0.15) is 0 Å². The summed E-state index contributed by atoms with van der Waals surface area (Å²) in [5.41, 5.74) is 2.69. The third kappa shape index (κ3) is 5.00. The van der Waals surface area contributed by atoms with Crippen molar-refractivity contribution in [3.8, 4) is 0 Å². The van der Waals surface area contributed by atoms with Gasteiger partial charge in [-0.05, 0) is 47.0 Å². The molecule has 0 saturated carbocycles. The van der Waals surface area contributed by atoms with E-state index in [0.29, 0.717) is 0 Å². The van der Waals surface area contributed by atoms with Crippen LogP contribution in [0.15, 0.2) is 12.1 Å². The molecule has 15 heavy (non-hydrogen) atoms. The summed E-state index contributed by atoms with van der Waals surface area (Å²) in [5, 5.41) is 3.46. The Hall–Kier alpha value is -0.800. The maximum atomic E-state index is 3.46. The van der Waals surface area contributed by atoms with Crippen molar-refractivity contribution in [1.29, 1.82) is 0 Å². The van der Waals surface area contributed by atoms with Crippen molar-refractivity contribution in [1.82, 2.24) is 15.2 Å². The Bertz CT molecular complexity index is 294. The van der Waals surface area contributed by atoms with Crippen LogP contribution >= 0.6 is 0 Å². The molecular formula is C12H23N3. The average Bonchev–Trinajstić information content (AvgIpc) is 2.46. The summed E-state index contributed by atoms with van der Waals surface area (Å²) < 4.78 is 0. The van der Waals surface area contributed by atoms with Crippen LogP contribution in [0.5, 0.6) is 0 Å². The lowest BCUT2D eigenvalue weighted by Gasteiger charge is -2.19. The van der Waals surface area contributed by atoms with Gasteiger partial charge in [-0.1, -0.05) is 0 Å². The second-order valence-corrected chi connectivity index (χ2v) is 5.35. The highest BCUT2D eigenvalue weighted by atomic mass is 15.1. The van der Waals surface area contributed by atoms with E-state index in [4.69, 9.17) is 0 Å². The molecule has 1 aromatic rings. The van der Waals surface area contributed by atoms with E-state index in [-0.39, 0.29) is 5.54 Å². The number of hydrogen-bond donors (Lipinski definition) is 2. The van der Waals surface area contributed by atoms with Gasteiger partial charge in [0.25, 0.3) is 0 Å². The van der Waals surface area contributed by atoms with Crippen LogP contribution in [-0.2, 0) is 13.1 Å². The minimum Gasteiger partial charge on any atom is -0.360 e. The van der Waals surface area contributed by atoms with E-state index in [9.17, 15) is 0 Å². The quantitative estimate of drug-likeness (QED) is 0.794. The standard InChI is InChI=1S/C12H23N3/c1-12(2,3)13-8-10-6-7-11(14-10)9-15(4)5/h6-7,13-14H,8-9H2,1-5H3. The summed E-state index contributed by atoms with van der Waals surface area (Å²) in [4.78, 5) is 5.57. The molecule has 0 unspecified atom stereocenters. The van der Waals surface area contributed by atoms with Crippen molar-refractivity contribution in [2.24, 2.45) is 0 Å². The SMILES string of the molecule is CN(C)Cc1ccc(CNC(C)(C)C)[nH]1. The molecule has 0 saturated heterocycles. The molecule has 2 N–H and O–H groups in total. The van der Waals surface area contributed by atoms with Crippen molar-refractivity contribution in [3.63, 3.8) is 0 Å². The van der Waals surface area contributed by atoms with Gasteiger partial charge in [-0.15, -0.1) is 0 Å².